The molecule has 0 fully saturated rings. The fourth-order valence-corrected chi connectivity index (χ4v) is 1.32. The molecule has 0 aliphatic rings. The molecule has 0 aliphatic heterocycles. The maximum Gasteiger partial charge on any atom is 0.251 e. The third-order valence-corrected chi connectivity index (χ3v) is 2.15. The predicted molar refractivity (Wildman–Crippen MR) is 61.2 cm³/mol. The first-order valence-electron chi connectivity index (χ1n) is 5.17. The number of carbonyl (C=O) groups is 1. The van der Waals surface area contributed by atoms with Crippen LogP contribution in [0, 0.1) is 0 Å². The summed E-state index contributed by atoms with van der Waals surface area (Å²) in [5.41, 5.74) is 1.53. The molecule has 1 aromatic carbocycles. The van der Waals surface area contributed by atoms with E-state index < -0.39 is 0 Å². The standard InChI is InChI=1S/C12H17NO3/c1-9(7-14)13-12(15)11-5-3-4-10(6-11)8-16-2/h3-6,9,14H,7-8H2,1-2H3,(H,13,15). The molecule has 0 heterocycles. The molecular weight excluding hydrogens is 206 g/mol. The van der Waals surface area contributed by atoms with Gasteiger partial charge in [0.15, 0.2) is 0 Å². The molecule has 0 spiro atoms. The lowest BCUT2D eigenvalue weighted by Gasteiger charge is -2.11. The number of methoxy groups -OCH3 is 1. The minimum Gasteiger partial charge on any atom is -0.394 e. The van der Waals surface area contributed by atoms with E-state index in [1.807, 2.05) is 12.1 Å². The highest BCUT2D eigenvalue weighted by molar-refractivity contribution is 5.94. The molecule has 1 aromatic rings. The quantitative estimate of drug-likeness (QED) is 0.781. The van der Waals surface area contributed by atoms with Crippen molar-refractivity contribution in [1.82, 2.24) is 5.32 Å². The zero-order chi connectivity index (χ0) is 12.0. The van der Waals surface area contributed by atoms with Crippen molar-refractivity contribution in [2.24, 2.45) is 0 Å². The summed E-state index contributed by atoms with van der Waals surface area (Å²) >= 11 is 0. The van der Waals surface area contributed by atoms with Gasteiger partial charge in [0.1, 0.15) is 0 Å². The Bertz CT molecular complexity index is 352. The molecule has 0 aliphatic carbocycles. The highest BCUT2D eigenvalue weighted by atomic mass is 16.5. The molecular formula is C12H17NO3. The first-order valence-corrected chi connectivity index (χ1v) is 5.17. The summed E-state index contributed by atoms with van der Waals surface area (Å²) in [5, 5.41) is 11.5. The Labute approximate surface area is 95.2 Å². The summed E-state index contributed by atoms with van der Waals surface area (Å²) in [4.78, 5) is 11.7. The van der Waals surface area contributed by atoms with Crippen molar-refractivity contribution in [2.45, 2.75) is 19.6 Å². The molecule has 4 nitrogen and oxygen atoms in total. The Morgan fingerprint density at radius 2 is 2.31 bits per heavy atom. The minimum absolute atomic E-state index is 0.0660. The number of hydrogen-bond acceptors (Lipinski definition) is 3. The second kappa shape index (κ2) is 6.25. The summed E-state index contributed by atoms with van der Waals surface area (Å²) in [6.45, 7) is 2.16. The van der Waals surface area contributed by atoms with E-state index in [9.17, 15) is 4.79 Å². The van der Waals surface area contributed by atoms with Crippen LogP contribution in [0.1, 0.15) is 22.8 Å². The number of amides is 1. The largest absolute Gasteiger partial charge is 0.394 e. The molecule has 0 radical (unpaired) electrons. The van der Waals surface area contributed by atoms with Gasteiger partial charge in [0.05, 0.1) is 13.2 Å². The van der Waals surface area contributed by atoms with Gasteiger partial charge in [-0.1, -0.05) is 12.1 Å². The van der Waals surface area contributed by atoms with Crippen LogP contribution in [0.2, 0.25) is 0 Å². The van der Waals surface area contributed by atoms with Crippen molar-refractivity contribution in [3.05, 3.63) is 35.4 Å². The predicted octanol–water partition coefficient (Wildman–Crippen LogP) is 0.944. The van der Waals surface area contributed by atoms with E-state index in [1.54, 1.807) is 26.2 Å². The van der Waals surface area contributed by atoms with Crippen molar-refractivity contribution in [3.63, 3.8) is 0 Å². The molecule has 1 rings (SSSR count). The molecule has 2 N–H and O–H groups in total. The number of benzene rings is 1. The molecule has 88 valence electrons. The molecule has 0 saturated carbocycles. The third-order valence-electron chi connectivity index (χ3n) is 2.15. The monoisotopic (exact) mass is 223 g/mol. The number of carbonyl (C=O) groups excluding carboxylic acids is 1. The molecule has 1 amide bonds. The van der Waals surface area contributed by atoms with E-state index in [4.69, 9.17) is 9.84 Å². The second-order valence-electron chi connectivity index (χ2n) is 3.69. The van der Waals surface area contributed by atoms with Gasteiger partial charge in [0, 0.05) is 18.7 Å². The minimum atomic E-state index is -0.237. The lowest BCUT2D eigenvalue weighted by molar-refractivity contribution is 0.0922. The van der Waals surface area contributed by atoms with Crippen molar-refractivity contribution in [1.29, 1.82) is 0 Å². The van der Waals surface area contributed by atoms with Gasteiger partial charge >= 0.3 is 0 Å². The number of aliphatic hydroxyl groups excluding tert-OH is 1. The topological polar surface area (TPSA) is 58.6 Å². The average molecular weight is 223 g/mol. The van der Waals surface area contributed by atoms with Gasteiger partial charge < -0.3 is 15.2 Å². The van der Waals surface area contributed by atoms with Gasteiger partial charge in [-0.05, 0) is 24.6 Å². The first-order chi connectivity index (χ1) is 7.67. The van der Waals surface area contributed by atoms with Gasteiger partial charge in [0.2, 0.25) is 0 Å². The van der Waals surface area contributed by atoms with Crippen LogP contribution in [0.3, 0.4) is 0 Å². The van der Waals surface area contributed by atoms with Crippen molar-refractivity contribution >= 4 is 5.91 Å². The molecule has 4 heteroatoms. The van der Waals surface area contributed by atoms with Crippen LogP contribution in [-0.2, 0) is 11.3 Å². The summed E-state index contributed by atoms with van der Waals surface area (Å²) in [5.74, 6) is -0.181. The van der Waals surface area contributed by atoms with E-state index in [1.165, 1.54) is 0 Å². The smallest absolute Gasteiger partial charge is 0.251 e. The maximum absolute atomic E-state index is 11.7. The Balaban J connectivity index is 2.71. The number of ether oxygens (including phenoxy) is 1. The first kappa shape index (κ1) is 12.7. The Morgan fingerprint density at radius 1 is 1.56 bits per heavy atom. The lowest BCUT2D eigenvalue weighted by Crippen LogP contribution is -2.35. The lowest BCUT2D eigenvalue weighted by atomic mass is 10.1. The van der Waals surface area contributed by atoms with Gasteiger partial charge in [-0.2, -0.15) is 0 Å². The van der Waals surface area contributed by atoms with Crippen LogP contribution in [0.25, 0.3) is 0 Å². The highest BCUT2D eigenvalue weighted by Crippen LogP contribution is 2.06. The Hall–Kier alpha value is -1.39. The van der Waals surface area contributed by atoms with Crippen LogP contribution >= 0.6 is 0 Å². The normalized spacial score (nSPS) is 12.2. The van der Waals surface area contributed by atoms with Crippen LogP contribution in [0.15, 0.2) is 24.3 Å². The third kappa shape index (κ3) is 3.64. The zero-order valence-electron chi connectivity index (χ0n) is 9.56. The number of aliphatic hydroxyl groups is 1. The average Bonchev–Trinajstić information content (AvgIpc) is 2.29. The maximum atomic E-state index is 11.7. The summed E-state index contributed by atoms with van der Waals surface area (Å²) < 4.78 is 4.99. The Morgan fingerprint density at radius 3 is 2.94 bits per heavy atom. The van der Waals surface area contributed by atoms with E-state index in [2.05, 4.69) is 5.32 Å². The van der Waals surface area contributed by atoms with E-state index in [0.717, 1.165) is 5.56 Å². The fraction of sp³-hybridized carbons (Fsp3) is 0.417. The van der Waals surface area contributed by atoms with E-state index in [-0.39, 0.29) is 18.6 Å². The van der Waals surface area contributed by atoms with Crippen molar-refractivity contribution < 1.29 is 14.6 Å². The fourth-order valence-electron chi connectivity index (χ4n) is 1.32. The molecule has 1 atom stereocenters. The van der Waals surface area contributed by atoms with Crippen LogP contribution in [0.4, 0.5) is 0 Å². The van der Waals surface area contributed by atoms with Gasteiger partial charge in [-0.25, -0.2) is 0 Å². The van der Waals surface area contributed by atoms with Gasteiger partial charge in [-0.15, -0.1) is 0 Å². The van der Waals surface area contributed by atoms with Crippen LogP contribution in [0.5, 0.6) is 0 Å². The number of rotatable bonds is 5. The SMILES string of the molecule is COCc1cccc(C(=O)NC(C)CO)c1. The van der Waals surface area contributed by atoms with Crippen molar-refractivity contribution in [2.75, 3.05) is 13.7 Å². The molecule has 0 bridgehead atoms. The molecule has 1 unspecified atom stereocenters. The van der Waals surface area contributed by atoms with E-state index >= 15 is 0 Å². The second-order valence-corrected chi connectivity index (χ2v) is 3.69. The Kier molecular flexibility index (Phi) is 4.95. The van der Waals surface area contributed by atoms with Gasteiger partial charge in [0.25, 0.3) is 5.91 Å². The van der Waals surface area contributed by atoms with Crippen LogP contribution in [-0.4, -0.2) is 30.8 Å². The summed E-state index contributed by atoms with van der Waals surface area (Å²) in [7, 11) is 1.61. The summed E-state index contributed by atoms with van der Waals surface area (Å²) in [6.07, 6.45) is 0. The molecule has 16 heavy (non-hydrogen) atoms. The molecule has 0 saturated heterocycles. The van der Waals surface area contributed by atoms with Gasteiger partial charge in [-0.3, -0.25) is 4.79 Å². The number of nitrogens with one attached hydrogen (secondary N) is 1. The summed E-state index contributed by atoms with van der Waals surface area (Å²) in [6, 6.07) is 6.99. The van der Waals surface area contributed by atoms with Crippen molar-refractivity contribution in [3.8, 4) is 0 Å². The van der Waals surface area contributed by atoms with Crippen LogP contribution < -0.4 is 5.32 Å². The highest BCUT2D eigenvalue weighted by Gasteiger charge is 2.08. The molecule has 0 aromatic heterocycles. The number of hydrogen-bond donors (Lipinski definition) is 2. The zero-order valence-corrected chi connectivity index (χ0v) is 9.56. The van der Waals surface area contributed by atoms with E-state index in [0.29, 0.717) is 12.2 Å².